The van der Waals surface area contributed by atoms with Gasteiger partial charge >= 0.3 is 0 Å². The Kier molecular flexibility index (Phi) is 6.29. The van der Waals surface area contributed by atoms with Gasteiger partial charge < -0.3 is 10.1 Å². The van der Waals surface area contributed by atoms with E-state index in [1.54, 1.807) is 13.4 Å². The Hall–Kier alpha value is -0.940. The highest BCUT2D eigenvalue weighted by Crippen LogP contribution is 2.11. The van der Waals surface area contributed by atoms with Gasteiger partial charge in [0.1, 0.15) is 12.2 Å². The maximum atomic E-state index is 5.34. The standard InChI is InChI=1S/C13H26N4O/c1-6-14-12(7-11(4)18-5)8-13-15-9-16-17(13)10(2)3/h9-12,14H,6-8H2,1-5H3. The summed E-state index contributed by atoms with van der Waals surface area (Å²) in [7, 11) is 1.75. The van der Waals surface area contributed by atoms with Crippen molar-refractivity contribution in [3.8, 4) is 0 Å². The first kappa shape index (κ1) is 15.1. The van der Waals surface area contributed by atoms with Crippen LogP contribution in [0, 0.1) is 0 Å². The molecule has 1 heterocycles. The Labute approximate surface area is 110 Å². The van der Waals surface area contributed by atoms with Crippen LogP contribution >= 0.6 is 0 Å². The maximum absolute atomic E-state index is 5.34. The number of hydrogen-bond donors (Lipinski definition) is 1. The van der Waals surface area contributed by atoms with Gasteiger partial charge in [0.05, 0.1) is 6.10 Å². The molecule has 0 spiro atoms. The summed E-state index contributed by atoms with van der Waals surface area (Å²) in [6, 6.07) is 0.733. The summed E-state index contributed by atoms with van der Waals surface area (Å²) in [5.41, 5.74) is 0. The molecule has 1 aromatic heterocycles. The SMILES string of the molecule is CCNC(Cc1ncnn1C(C)C)CC(C)OC. The molecule has 1 aromatic rings. The van der Waals surface area contributed by atoms with E-state index in [1.807, 2.05) is 4.68 Å². The van der Waals surface area contributed by atoms with Gasteiger partial charge in [0.15, 0.2) is 0 Å². The van der Waals surface area contributed by atoms with E-state index in [4.69, 9.17) is 4.74 Å². The molecule has 0 aromatic carbocycles. The third-order valence-electron chi connectivity index (χ3n) is 3.08. The second kappa shape index (κ2) is 7.48. The summed E-state index contributed by atoms with van der Waals surface area (Å²) in [6.07, 6.45) is 3.76. The lowest BCUT2D eigenvalue weighted by atomic mass is 10.1. The van der Waals surface area contributed by atoms with Crippen LogP contribution in [0.4, 0.5) is 0 Å². The minimum atomic E-state index is 0.254. The van der Waals surface area contributed by atoms with Crippen molar-refractivity contribution in [3.05, 3.63) is 12.2 Å². The smallest absolute Gasteiger partial charge is 0.138 e. The summed E-state index contributed by atoms with van der Waals surface area (Å²) in [5, 5.41) is 7.77. The normalized spacial score (nSPS) is 15.0. The molecule has 18 heavy (non-hydrogen) atoms. The van der Waals surface area contributed by atoms with Crippen molar-refractivity contribution in [2.24, 2.45) is 0 Å². The number of nitrogens with zero attached hydrogens (tertiary/aromatic N) is 3. The van der Waals surface area contributed by atoms with Crippen molar-refractivity contribution in [2.45, 2.75) is 58.7 Å². The zero-order valence-corrected chi connectivity index (χ0v) is 12.2. The van der Waals surface area contributed by atoms with E-state index in [-0.39, 0.29) is 6.10 Å². The first-order valence-corrected chi connectivity index (χ1v) is 6.73. The van der Waals surface area contributed by atoms with Crippen molar-refractivity contribution in [3.63, 3.8) is 0 Å². The zero-order chi connectivity index (χ0) is 13.5. The zero-order valence-electron chi connectivity index (χ0n) is 12.2. The number of aromatic nitrogens is 3. The minimum Gasteiger partial charge on any atom is -0.382 e. The monoisotopic (exact) mass is 254 g/mol. The van der Waals surface area contributed by atoms with Crippen molar-refractivity contribution >= 4 is 0 Å². The van der Waals surface area contributed by atoms with Crippen LogP contribution < -0.4 is 5.32 Å². The molecule has 0 bridgehead atoms. The van der Waals surface area contributed by atoms with E-state index < -0.39 is 0 Å². The number of ether oxygens (including phenoxy) is 1. The highest BCUT2D eigenvalue weighted by Gasteiger charge is 2.16. The third kappa shape index (κ3) is 4.38. The molecule has 0 amide bonds. The molecule has 0 aliphatic carbocycles. The fourth-order valence-corrected chi connectivity index (χ4v) is 2.10. The fraction of sp³-hybridized carbons (Fsp3) is 0.846. The second-order valence-electron chi connectivity index (χ2n) is 4.96. The van der Waals surface area contributed by atoms with Crippen LogP contribution in [0.3, 0.4) is 0 Å². The Balaban J connectivity index is 2.67. The van der Waals surface area contributed by atoms with E-state index in [9.17, 15) is 0 Å². The lowest BCUT2D eigenvalue weighted by molar-refractivity contribution is 0.100. The molecule has 2 unspecified atom stereocenters. The third-order valence-corrected chi connectivity index (χ3v) is 3.08. The summed E-state index contributed by atoms with van der Waals surface area (Å²) in [5.74, 6) is 1.04. The van der Waals surface area contributed by atoms with Crippen molar-refractivity contribution < 1.29 is 4.74 Å². The highest BCUT2D eigenvalue weighted by atomic mass is 16.5. The maximum Gasteiger partial charge on any atom is 0.138 e. The Morgan fingerprint density at radius 2 is 2.11 bits per heavy atom. The summed E-state index contributed by atoms with van der Waals surface area (Å²) in [4.78, 5) is 4.36. The molecule has 0 saturated heterocycles. The Bertz CT molecular complexity index is 337. The predicted molar refractivity (Wildman–Crippen MR) is 72.7 cm³/mol. The van der Waals surface area contributed by atoms with Gasteiger partial charge in [-0.2, -0.15) is 5.10 Å². The molecule has 0 fully saturated rings. The van der Waals surface area contributed by atoms with Crippen molar-refractivity contribution in [1.82, 2.24) is 20.1 Å². The largest absolute Gasteiger partial charge is 0.382 e. The lowest BCUT2D eigenvalue weighted by Gasteiger charge is -2.21. The molecule has 104 valence electrons. The predicted octanol–water partition coefficient (Wildman–Crippen LogP) is 1.80. The van der Waals surface area contributed by atoms with Crippen molar-refractivity contribution in [2.75, 3.05) is 13.7 Å². The van der Waals surface area contributed by atoms with Gasteiger partial charge in [0.25, 0.3) is 0 Å². The van der Waals surface area contributed by atoms with Gasteiger partial charge in [0.2, 0.25) is 0 Å². The number of rotatable bonds is 8. The van der Waals surface area contributed by atoms with Gasteiger partial charge in [0, 0.05) is 25.6 Å². The van der Waals surface area contributed by atoms with E-state index >= 15 is 0 Å². The summed E-state index contributed by atoms with van der Waals surface area (Å²) in [6.45, 7) is 9.42. The van der Waals surface area contributed by atoms with Crippen LogP contribution in [0.25, 0.3) is 0 Å². The number of nitrogens with one attached hydrogen (secondary N) is 1. The minimum absolute atomic E-state index is 0.254. The lowest BCUT2D eigenvalue weighted by Crippen LogP contribution is -2.35. The van der Waals surface area contributed by atoms with Gasteiger partial charge in [-0.1, -0.05) is 6.92 Å². The quantitative estimate of drug-likeness (QED) is 0.768. The molecule has 5 nitrogen and oxygen atoms in total. The van der Waals surface area contributed by atoms with Crippen LogP contribution in [-0.2, 0) is 11.2 Å². The first-order valence-electron chi connectivity index (χ1n) is 6.73. The van der Waals surface area contributed by atoms with Crippen LogP contribution in [0.1, 0.15) is 46.0 Å². The number of likely N-dealkylation sites (N-methyl/N-ethyl adjacent to an activating group) is 1. The highest BCUT2D eigenvalue weighted by molar-refractivity contribution is 4.91. The molecule has 0 aliphatic rings. The molecule has 0 radical (unpaired) electrons. The molecule has 1 rings (SSSR count). The van der Waals surface area contributed by atoms with Crippen LogP contribution in [0.2, 0.25) is 0 Å². The molecular weight excluding hydrogens is 228 g/mol. The molecule has 1 N–H and O–H groups in total. The average molecular weight is 254 g/mol. The van der Waals surface area contributed by atoms with Crippen molar-refractivity contribution in [1.29, 1.82) is 0 Å². The Morgan fingerprint density at radius 1 is 1.39 bits per heavy atom. The van der Waals surface area contributed by atoms with E-state index in [0.29, 0.717) is 12.1 Å². The van der Waals surface area contributed by atoms with E-state index in [0.717, 1.165) is 25.2 Å². The molecule has 0 aliphatic heterocycles. The Morgan fingerprint density at radius 3 is 2.67 bits per heavy atom. The van der Waals surface area contributed by atoms with Gasteiger partial charge in [-0.15, -0.1) is 0 Å². The number of hydrogen-bond acceptors (Lipinski definition) is 4. The topological polar surface area (TPSA) is 52.0 Å². The van der Waals surface area contributed by atoms with Crippen LogP contribution in [0.5, 0.6) is 0 Å². The molecule has 5 heteroatoms. The summed E-state index contributed by atoms with van der Waals surface area (Å²) >= 11 is 0. The molecular formula is C13H26N4O. The molecule has 0 saturated carbocycles. The van der Waals surface area contributed by atoms with Crippen LogP contribution in [-0.4, -0.2) is 40.6 Å². The first-order chi connectivity index (χ1) is 8.58. The van der Waals surface area contributed by atoms with E-state index in [1.165, 1.54) is 0 Å². The van der Waals surface area contributed by atoms with Gasteiger partial charge in [-0.25, -0.2) is 9.67 Å². The average Bonchev–Trinajstić information content (AvgIpc) is 2.77. The molecule has 2 atom stereocenters. The fourth-order valence-electron chi connectivity index (χ4n) is 2.10. The van der Waals surface area contributed by atoms with Gasteiger partial charge in [-0.05, 0) is 33.7 Å². The van der Waals surface area contributed by atoms with Gasteiger partial charge in [-0.3, -0.25) is 0 Å². The number of methoxy groups -OCH3 is 1. The second-order valence-corrected chi connectivity index (χ2v) is 4.96. The summed E-state index contributed by atoms with van der Waals surface area (Å²) < 4.78 is 7.33. The van der Waals surface area contributed by atoms with E-state index in [2.05, 4.69) is 43.1 Å². The van der Waals surface area contributed by atoms with Crippen LogP contribution in [0.15, 0.2) is 6.33 Å².